The Kier molecular flexibility index (Phi) is 5.72. The molecule has 0 radical (unpaired) electrons. The van der Waals surface area contributed by atoms with Gasteiger partial charge >= 0.3 is 0 Å². The van der Waals surface area contributed by atoms with E-state index >= 15 is 0 Å². The van der Waals surface area contributed by atoms with Crippen molar-refractivity contribution < 1.29 is 18.3 Å². The molecule has 2 rings (SSSR count). The van der Waals surface area contributed by atoms with Gasteiger partial charge in [-0.3, -0.25) is 4.79 Å². The van der Waals surface area contributed by atoms with E-state index < -0.39 is 13.0 Å². The third kappa shape index (κ3) is 4.12. The summed E-state index contributed by atoms with van der Waals surface area (Å²) in [6, 6.07) is 1.37. The Hall–Kier alpha value is -0.750. The average Bonchev–Trinajstić information content (AvgIpc) is 2.74. The van der Waals surface area contributed by atoms with Crippen LogP contribution in [0.15, 0.2) is 0 Å². The lowest BCUT2D eigenvalue weighted by atomic mass is 9.98. The van der Waals surface area contributed by atoms with Gasteiger partial charge in [-0.2, -0.15) is 0 Å². The Labute approximate surface area is 118 Å². The Morgan fingerprint density at radius 2 is 2.00 bits per heavy atom. The second-order valence-electron chi connectivity index (χ2n) is 5.66. The number of ether oxygens (including phenoxy) is 1. The SMILES string of the molecule is CCN(C(=O)CCOCC(F)F)C1CC2CCC(C1)N2. The van der Waals surface area contributed by atoms with Crippen molar-refractivity contribution in [3.63, 3.8) is 0 Å². The summed E-state index contributed by atoms with van der Waals surface area (Å²) < 4.78 is 28.7. The number of fused-ring (bicyclic) bond motifs is 2. The predicted octanol–water partition coefficient (Wildman–Crippen LogP) is 1.79. The van der Waals surface area contributed by atoms with E-state index in [0.717, 1.165) is 12.8 Å². The second kappa shape index (κ2) is 7.31. The second-order valence-corrected chi connectivity index (χ2v) is 5.66. The minimum atomic E-state index is -2.47. The molecule has 0 spiro atoms. The summed E-state index contributed by atoms with van der Waals surface area (Å²) in [5.41, 5.74) is 0. The smallest absolute Gasteiger partial charge is 0.261 e. The molecule has 0 aromatic carbocycles. The zero-order valence-electron chi connectivity index (χ0n) is 12.0. The highest BCUT2D eigenvalue weighted by Gasteiger charge is 2.36. The summed E-state index contributed by atoms with van der Waals surface area (Å²) >= 11 is 0. The molecular weight excluding hydrogens is 266 g/mol. The Morgan fingerprint density at radius 1 is 1.35 bits per heavy atom. The lowest BCUT2D eigenvalue weighted by Crippen LogP contribution is -2.50. The van der Waals surface area contributed by atoms with Crippen molar-refractivity contribution in [1.29, 1.82) is 0 Å². The van der Waals surface area contributed by atoms with E-state index in [4.69, 9.17) is 4.74 Å². The number of hydrogen-bond acceptors (Lipinski definition) is 3. The number of carbonyl (C=O) groups excluding carboxylic acids is 1. The first-order valence-electron chi connectivity index (χ1n) is 7.51. The fourth-order valence-corrected chi connectivity index (χ4v) is 3.40. The molecule has 2 heterocycles. The molecule has 0 aromatic rings. The highest BCUT2D eigenvalue weighted by atomic mass is 19.3. The Morgan fingerprint density at radius 3 is 2.55 bits per heavy atom. The van der Waals surface area contributed by atoms with E-state index in [-0.39, 0.29) is 18.9 Å². The fourth-order valence-electron chi connectivity index (χ4n) is 3.40. The highest BCUT2D eigenvalue weighted by Crippen LogP contribution is 2.29. The molecule has 20 heavy (non-hydrogen) atoms. The van der Waals surface area contributed by atoms with Crippen LogP contribution in [0.25, 0.3) is 0 Å². The molecule has 116 valence electrons. The first kappa shape index (κ1) is 15.6. The lowest BCUT2D eigenvalue weighted by molar-refractivity contribution is -0.135. The van der Waals surface area contributed by atoms with Crippen LogP contribution in [0.1, 0.15) is 39.0 Å². The van der Waals surface area contributed by atoms with Gasteiger partial charge in [-0.05, 0) is 32.6 Å². The van der Waals surface area contributed by atoms with Gasteiger partial charge in [-0.1, -0.05) is 0 Å². The van der Waals surface area contributed by atoms with Gasteiger partial charge in [0.15, 0.2) is 0 Å². The number of nitrogens with zero attached hydrogens (tertiary/aromatic N) is 1. The van der Waals surface area contributed by atoms with Gasteiger partial charge in [-0.15, -0.1) is 0 Å². The van der Waals surface area contributed by atoms with Gasteiger partial charge in [-0.25, -0.2) is 8.78 Å². The van der Waals surface area contributed by atoms with Crippen molar-refractivity contribution in [2.45, 2.75) is 63.6 Å². The quantitative estimate of drug-likeness (QED) is 0.727. The Bertz CT molecular complexity index is 316. The molecule has 2 fully saturated rings. The summed E-state index contributed by atoms with van der Waals surface area (Å²) in [7, 11) is 0. The minimum absolute atomic E-state index is 0.0214. The normalized spacial score (nSPS) is 28.9. The number of halogens is 2. The van der Waals surface area contributed by atoms with Crippen molar-refractivity contribution in [3.8, 4) is 0 Å². The average molecular weight is 290 g/mol. The van der Waals surface area contributed by atoms with E-state index in [0.29, 0.717) is 24.7 Å². The van der Waals surface area contributed by atoms with Crippen LogP contribution in [0, 0.1) is 0 Å². The zero-order chi connectivity index (χ0) is 14.5. The summed E-state index contributed by atoms with van der Waals surface area (Å²) in [5, 5.41) is 3.56. The first-order valence-corrected chi connectivity index (χ1v) is 7.51. The van der Waals surface area contributed by atoms with Gasteiger partial charge in [0.2, 0.25) is 5.91 Å². The maximum Gasteiger partial charge on any atom is 0.261 e. The van der Waals surface area contributed by atoms with E-state index in [2.05, 4.69) is 5.32 Å². The largest absolute Gasteiger partial charge is 0.375 e. The molecule has 6 heteroatoms. The predicted molar refractivity (Wildman–Crippen MR) is 71.8 cm³/mol. The zero-order valence-corrected chi connectivity index (χ0v) is 12.0. The van der Waals surface area contributed by atoms with Gasteiger partial charge in [0.05, 0.1) is 13.0 Å². The monoisotopic (exact) mass is 290 g/mol. The number of amides is 1. The lowest BCUT2D eigenvalue weighted by Gasteiger charge is -2.37. The molecule has 1 amide bonds. The van der Waals surface area contributed by atoms with Crippen LogP contribution in [0.5, 0.6) is 0 Å². The first-order chi connectivity index (χ1) is 9.60. The topological polar surface area (TPSA) is 41.6 Å². The van der Waals surface area contributed by atoms with E-state index in [9.17, 15) is 13.6 Å². The third-order valence-electron chi connectivity index (χ3n) is 4.25. The van der Waals surface area contributed by atoms with Crippen LogP contribution in [0.2, 0.25) is 0 Å². The molecule has 2 bridgehead atoms. The van der Waals surface area contributed by atoms with Crippen molar-refractivity contribution in [1.82, 2.24) is 10.2 Å². The Balaban J connectivity index is 1.77. The van der Waals surface area contributed by atoms with Crippen LogP contribution >= 0.6 is 0 Å². The summed E-state index contributed by atoms with van der Waals surface area (Å²) in [6.07, 6.45) is 2.14. The van der Waals surface area contributed by atoms with E-state index in [1.807, 2.05) is 11.8 Å². The van der Waals surface area contributed by atoms with Gasteiger partial charge in [0.25, 0.3) is 6.43 Å². The van der Waals surface area contributed by atoms with Gasteiger partial charge in [0, 0.05) is 24.7 Å². The number of nitrogens with one attached hydrogen (secondary N) is 1. The molecule has 0 saturated carbocycles. The van der Waals surface area contributed by atoms with Gasteiger partial charge in [0.1, 0.15) is 6.61 Å². The van der Waals surface area contributed by atoms with Crippen LogP contribution in [-0.2, 0) is 9.53 Å². The fraction of sp³-hybridized carbons (Fsp3) is 0.929. The number of rotatable bonds is 7. The minimum Gasteiger partial charge on any atom is -0.375 e. The third-order valence-corrected chi connectivity index (χ3v) is 4.25. The molecule has 2 aliphatic heterocycles. The van der Waals surface area contributed by atoms with Crippen molar-refractivity contribution in [3.05, 3.63) is 0 Å². The molecule has 2 saturated heterocycles. The van der Waals surface area contributed by atoms with E-state index in [1.54, 1.807) is 0 Å². The highest BCUT2D eigenvalue weighted by molar-refractivity contribution is 5.76. The summed E-state index contributed by atoms with van der Waals surface area (Å²) in [6.45, 7) is 2.15. The molecule has 2 aliphatic rings. The van der Waals surface area contributed by atoms with E-state index in [1.165, 1.54) is 12.8 Å². The molecule has 4 nitrogen and oxygen atoms in total. The molecule has 1 N–H and O–H groups in total. The molecule has 0 aliphatic carbocycles. The number of alkyl halides is 2. The number of carbonyl (C=O) groups is 1. The van der Waals surface area contributed by atoms with Crippen molar-refractivity contribution in [2.75, 3.05) is 19.8 Å². The van der Waals surface area contributed by atoms with Crippen molar-refractivity contribution in [2.24, 2.45) is 0 Å². The van der Waals surface area contributed by atoms with Gasteiger partial charge < -0.3 is 15.0 Å². The van der Waals surface area contributed by atoms with Crippen LogP contribution in [0.3, 0.4) is 0 Å². The number of piperidine rings is 1. The van der Waals surface area contributed by atoms with Crippen LogP contribution in [0.4, 0.5) is 8.78 Å². The summed E-state index contributed by atoms with van der Waals surface area (Å²) in [5.74, 6) is 0.0214. The van der Waals surface area contributed by atoms with Crippen LogP contribution in [-0.4, -0.2) is 55.1 Å². The molecule has 2 atom stereocenters. The number of hydrogen-bond donors (Lipinski definition) is 1. The summed E-state index contributed by atoms with van der Waals surface area (Å²) in [4.78, 5) is 14.1. The molecule has 0 aromatic heterocycles. The maximum atomic E-state index is 12.2. The maximum absolute atomic E-state index is 12.2. The standard InChI is InChI=1S/C14H24F2N2O2/c1-2-18(14(19)5-6-20-9-13(15)16)12-7-10-3-4-11(8-12)17-10/h10-13,17H,2-9H2,1H3. The molecular formula is C14H24F2N2O2. The molecule has 2 unspecified atom stereocenters. The van der Waals surface area contributed by atoms with Crippen LogP contribution < -0.4 is 5.32 Å². The van der Waals surface area contributed by atoms with Crippen molar-refractivity contribution >= 4 is 5.91 Å².